The third kappa shape index (κ3) is 4.60. The number of carbonyl (C=O) groups excluding carboxylic acids is 1. The van der Waals surface area contributed by atoms with Crippen molar-refractivity contribution in [1.82, 2.24) is 0 Å². The van der Waals surface area contributed by atoms with Crippen molar-refractivity contribution in [3.05, 3.63) is 12.2 Å². The van der Waals surface area contributed by atoms with E-state index >= 15 is 0 Å². The van der Waals surface area contributed by atoms with Gasteiger partial charge in [-0.1, -0.05) is 13.3 Å². The van der Waals surface area contributed by atoms with Crippen LogP contribution in [-0.2, 0) is 19.1 Å². The normalized spacial score (nSPS) is 21.3. The molecular weight excluding hydrogens is 200 g/mol. The molecule has 0 bridgehead atoms. The van der Waals surface area contributed by atoms with Gasteiger partial charge < -0.3 is 14.6 Å². The van der Waals surface area contributed by atoms with E-state index in [1.165, 1.54) is 0 Å². The van der Waals surface area contributed by atoms with Crippen LogP contribution in [0.4, 0.5) is 0 Å². The van der Waals surface area contributed by atoms with Gasteiger partial charge in [-0.05, 0) is 6.42 Å². The van der Waals surface area contributed by atoms with Gasteiger partial charge in [0.15, 0.2) is 0 Å². The largest absolute Gasteiger partial charge is 0.478 e. The van der Waals surface area contributed by atoms with Gasteiger partial charge in [0.1, 0.15) is 12.2 Å². The average molecular weight is 214 g/mol. The van der Waals surface area contributed by atoms with E-state index in [1.807, 2.05) is 6.92 Å². The summed E-state index contributed by atoms with van der Waals surface area (Å²) in [6.45, 7) is 2.59. The highest BCUT2D eigenvalue weighted by Crippen LogP contribution is 2.21. The molecule has 5 nitrogen and oxygen atoms in total. The number of epoxide rings is 1. The number of esters is 1. The number of carboxylic acids is 1. The first-order chi connectivity index (χ1) is 7.13. The fraction of sp³-hybridized carbons (Fsp3) is 0.600. The van der Waals surface area contributed by atoms with Gasteiger partial charge in [-0.3, -0.25) is 0 Å². The molecule has 0 aromatic rings. The molecule has 0 radical (unpaired) electrons. The van der Waals surface area contributed by atoms with Crippen molar-refractivity contribution in [2.75, 3.05) is 6.61 Å². The Bertz CT molecular complexity index is 267. The number of hydrogen-bond donors (Lipinski definition) is 1. The minimum Gasteiger partial charge on any atom is -0.478 e. The zero-order chi connectivity index (χ0) is 11.3. The minimum absolute atomic E-state index is 0.00729. The van der Waals surface area contributed by atoms with Crippen LogP contribution in [0.5, 0.6) is 0 Å². The molecular formula is C10H14O5. The second-order valence-electron chi connectivity index (χ2n) is 3.31. The lowest BCUT2D eigenvalue weighted by Crippen LogP contribution is -2.22. The van der Waals surface area contributed by atoms with Crippen LogP contribution in [0.1, 0.15) is 19.8 Å². The molecule has 0 saturated carbocycles. The minimum atomic E-state index is -1.17. The summed E-state index contributed by atoms with van der Waals surface area (Å²) in [6, 6.07) is 0. The van der Waals surface area contributed by atoms with Crippen molar-refractivity contribution in [1.29, 1.82) is 0 Å². The van der Waals surface area contributed by atoms with Gasteiger partial charge in [-0.2, -0.15) is 0 Å². The first-order valence-corrected chi connectivity index (χ1v) is 4.86. The lowest BCUT2D eigenvalue weighted by molar-refractivity contribution is -0.144. The van der Waals surface area contributed by atoms with Crippen molar-refractivity contribution < 1.29 is 24.2 Å². The maximum atomic E-state index is 11.1. The monoisotopic (exact) mass is 214 g/mol. The Morgan fingerprint density at radius 3 is 2.73 bits per heavy atom. The van der Waals surface area contributed by atoms with Crippen molar-refractivity contribution >= 4 is 11.9 Å². The molecule has 5 heteroatoms. The van der Waals surface area contributed by atoms with Gasteiger partial charge in [0, 0.05) is 12.2 Å². The van der Waals surface area contributed by atoms with Crippen molar-refractivity contribution in [3.63, 3.8) is 0 Å². The molecule has 1 saturated heterocycles. The van der Waals surface area contributed by atoms with Gasteiger partial charge in [0.2, 0.25) is 0 Å². The number of aliphatic carboxylic acids is 1. The Hall–Kier alpha value is -1.36. The van der Waals surface area contributed by atoms with Crippen LogP contribution in [0.2, 0.25) is 0 Å². The number of ether oxygens (including phenoxy) is 2. The van der Waals surface area contributed by atoms with E-state index in [4.69, 9.17) is 14.6 Å². The van der Waals surface area contributed by atoms with E-state index in [2.05, 4.69) is 0 Å². The molecule has 2 unspecified atom stereocenters. The second-order valence-corrected chi connectivity index (χ2v) is 3.31. The maximum Gasteiger partial charge on any atom is 0.331 e. The highest BCUT2D eigenvalue weighted by Gasteiger charge is 2.34. The van der Waals surface area contributed by atoms with E-state index < -0.39 is 11.9 Å². The molecule has 15 heavy (non-hydrogen) atoms. The molecule has 2 atom stereocenters. The molecule has 84 valence electrons. The van der Waals surface area contributed by atoms with Crippen LogP contribution in [0, 0.1) is 0 Å². The molecule has 1 aliphatic rings. The average Bonchev–Trinajstić information content (AvgIpc) is 2.97. The van der Waals surface area contributed by atoms with Crippen molar-refractivity contribution in [2.45, 2.75) is 32.0 Å². The molecule has 0 aromatic carbocycles. The van der Waals surface area contributed by atoms with Gasteiger partial charge in [-0.15, -0.1) is 0 Å². The van der Waals surface area contributed by atoms with Gasteiger partial charge in [-0.25, -0.2) is 9.59 Å². The summed E-state index contributed by atoms with van der Waals surface area (Å²) >= 11 is 0. The fourth-order valence-corrected chi connectivity index (χ4v) is 1.20. The predicted octanol–water partition coefficient (Wildman–Crippen LogP) is 0.738. The molecule has 0 amide bonds. The second kappa shape index (κ2) is 5.50. The third-order valence-corrected chi connectivity index (χ3v) is 1.98. The Kier molecular flexibility index (Phi) is 4.30. The zero-order valence-corrected chi connectivity index (χ0v) is 8.51. The van der Waals surface area contributed by atoms with Crippen LogP contribution < -0.4 is 0 Å². The molecule has 1 rings (SSSR count). The molecule has 1 aliphatic heterocycles. The Morgan fingerprint density at radius 2 is 2.27 bits per heavy atom. The van der Waals surface area contributed by atoms with Crippen LogP contribution >= 0.6 is 0 Å². The van der Waals surface area contributed by atoms with Crippen LogP contribution in [0.25, 0.3) is 0 Å². The fourth-order valence-electron chi connectivity index (χ4n) is 1.20. The van der Waals surface area contributed by atoms with E-state index in [-0.39, 0.29) is 12.2 Å². The summed E-state index contributed by atoms with van der Waals surface area (Å²) in [6.07, 6.45) is 3.04. The van der Waals surface area contributed by atoms with Crippen molar-refractivity contribution in [2.24, 2.45) is 0 Å². The molecule has 1 fully saturated rings. The summed E-state index contributed by atoms with van der Waals surface area (Å²) in [4.78, 5) is 21.3. The smallest absolute Gasteiger partial charge is 0.331 e. The summed E-state index contributed by atoms with van der Waals surface area (Å²) in [5.74, 6) is -1.80. The summed E-state index contributed by atoms with van der Waals surface area (Å²) in [7, 11) is 0. The topological polar surface area (TPSA) is 76.1 Å². The highest BCUT2D eigenvalue weighted by molar-refractivity contribution is 5.90. The predicted molar refractivity (Wildman–Crippen MR) is 51.3 cm³/mol. The molecule has 0 spiro atoms. The number of carbonyl (C=O) groups is 2. The van der Waals surface area contributed by atoms with Crippen LogP contribution in [0.3, 0.4) is 0 Å². The van der Waals surface area contributed by atoms with Gasteiger partial charge >= 0.3 is 11.9 Å². The van der Waals surface area contributed by atoms with E-state index in [9.17, 15) is 9.59 Å². The van der Waals surface area contributed by atoms with Crippen LogP contribution in [-0.4, -0.2) is 35.9 Å². The molecule has 0 aromatic heterocycles. The zero-order valence-electron chi connectivity index (χ0n) is 8.51. The number of hydrogen-bond acceptors (Lipinski definition) is 4. The molecule has 1 N–H and O–H groups in total. The highest BCUT2D eigenvalue weighted by atomic mass is 16.6. The standard InChI is InChI=1S/C10H14O5/c1-2-3-7(8-6-14-8)15-10(13)5-4-9(11)12/h4-5,7-8H,2-3,6H2,1H3,(H,11,12). The Balaban J connectivity index is 2.36. The van der Waals surface area contributed by atoms with E-state index in [0.29, 0.717) is 6.61 Å². The van der Waals surface area contributed by atoms with Gasteiger partial charge in [0.25, 0.3) is 0 Å². The van der Waals surface area contributed by atoms with E-state index in [0.717, 1.165) is 25.0 Å². The molecule has 0 aliphatic carbocycles. The lowest BCUT2D eigenvalue weighted by Gasteiger charge is -2.13. The van der Waals surface area contributed by atoms with Crippen molar-refractivity contribution in [3.8, 4) is 0 Å². The number of carboxylic acid groups (broad SMARTS) is 1. The number of rotatable bonds is 6. The summed E-state index contributed by atoms with van der Waals surface area (Å²) in [5, 5.41) is 8.30. The third-order valence-electron chi connectivity index (χ3n) is 1.98. The Morgan fingerprint density at radius 1 is 1.60 bits per heavy atom. The SMILES string of the molecule is CCCC(OC(=O)C=CC(=O)O)C1CO1. The lowest BCUT2D eigenvalue weighted by atomic mass is 10.1. The maximum absolute atomic E-state index is 11.1. The first-order valence-electron chi connectivity index (χ1n) is 4.86. The quantitative estimate of drug-likeness (QED) is 0.401. The summed E-state index contributed by atoms with van der Waals surface area (Å²) in [5.41, 5.74) is 0. The summed E-state index contributed by atoms with van der Waals surface area (Å²) < 4.78 is 10.1. The van der Waals surface area contributed by atoms with E-state index in [1.54, 1.807) is 0 Å². The van der Waals surface area contributed by atoms with Gasteiger partial charge in [0.05, 0.1) is 6.61 Å². The first kappa shape index (κ1) is 11.7. The van der Waals surface area contributed by atoms with Crippen LogP contribution in [0.15, 0.2) is 12.2 Å². The Labute approximate surface area is 87.7 Å². The molecule has 1 heterocycles.